The van der Waals surface area contributed by atoms with Crippen LogP contribution in [0.3, 0.4) is 0 Å². The molecular formula is C11H15NO3S3. The summed E-state index contributed by atoms with van der Waals surface area (Å²) < 4.78 is 30.5. The predicted octanol–water partition coefficient (Wildman–Crippen LogP) is 2.02. The summed E-state index contributed by atoms with van der Waals surface area (Å²) in [5, 5.41) is 0. The zero-order chi connectivity index (χ0) is 13.6. The highest BCUT2D eigenvalue weighted by atomic mass is 32.2. The van der Waals surface area contributed by atoms with Crippen LogP contribution in [0.2, 0.25) is 0 Å². The molecule has 0 aliphatic rings. The van der Waals surface area contributed by atoms with Crippen LogP contribution in [0.25, 0.3) is 0 Å². The third-order valence-corrected chi connectivity index (χ3v) is 4.60. The first-order valence-electron chi connectivity index (χ1n) is 5.25. The van der Waals surface area contributed by atoms with Crippen LogP contribution in [0.4, 0.5) is 0 Å². The molecule has 0 bridgehead atoms. The van der Waals surface area contributed by atoms with Crippen molar-refractivity contribution in [1.29, 1.82) is 0 Å². The van der Waals surface area contributed by atoms with Gasteiger partial charge < -0.3 is 4.90 Å². The molecule has 1 aromatic rings. The fraction of sp³-hybridized carbons (Fsp3) is 0.364. The Morgan fingerprint density at radius 2 is 2.00 bits per heavy atom. The molecule has 1 aromatic carbocycles. The molecule has 18 heavy (non-hydrogen) atoms. The number of thiocarbonyl (C=S) groups is 1. The van der Waals surface area contributed by atoms with Gasteiger partial charge in [-0.05, 0) is 5.56 Å². The molecule has 0 radical (unpaired) electrons. The molecule has 0 spiro atoms. The van der Waals surface area contributed by atoms with Gasteiger partial charge in [-0.15, -0.1) is 0 Å². The van der Waals surface area contributed by atoms with Gasteiger partial charge in [0.2, 0.25) is 0 Å². The van der Waals surface area contributed by atoms with Gasteiger partial charge in [0.1, 0.15) is 4.32 Å². The van der Waals surface area contributed by atoms with E-state index in [1.165, 1.54) is 11.8 Å². The van der Waals surface area contributed by atoms with Crippen molar-refractivity contribution in [3.05, 3.63) is 35.9 Å². The Morgan fingerprint density at radius 1 is 1.39 bits per heavy atom. The van der Waals surface area contributed by atoms with Crippen molar-refractivity contribution in [2.45, 2.75) is 5.75 Å². The zero-order valence-corrected chi connectivity index (χ0v) is 12.4. The SMILES string of the molecule is CN(CCS(=O)(=O)O)C(=S)SCc1ccccc1. The van der Waals surface area contributed by atoms with Crippen molar-refractivity contribution in [3.8, 4) is 0 Å². The first kappa shape index (κ1) is 15.4. The van der Waals surface area contributed by atoms with Gasteiger partial charge in [0, 0.05) is 19.3 Å². The molecule has 0 heterocycles. The van der Waals surface area contributed by atoms with E-state index < -0.39 is 10.1 Å². The summed E-state index contributed by atoms with van der Waals surface area (Å²) in [7, 11) is -2.22. The van der Waals surface area contributed by atoms with E-state index in [-0.39, 0.29) is 12.3 Å². The molecule has 0 aliphatic carbocycles. The second kappa shape index (κ2) is 7.08. The number of nitrogens with zero attached hydrogens (tertiary/aromatic N) is 1. The van der Waals surface area contributed by atoms with Gasteiger partial charge in [0.15, 0.2) is 0 Å². The molecule has 4 nitrogen and oxygen atoms in total. The normalized spacial score (nSPS) is 11.2. The summed E-state index contributed by atoms with van der Waals surface area (Å²) in [5.41, 5.74) is 1.16. The third kappa shape index (κ3) is 6.34. The Balaban J connectivity index is 2.37. The summed E-state index contributed by atoms with van der Waals surface area (Å²) in [6.07, 6.45) is 0. The van der Waals surface area contributed by atoms with E-state index in [1.54, 1.807) is 11.9 Å². The van der Waals surface area contributed by atoms with Gasteiger partial charge >= 0.3 is 0 Å². The largest absolute Gasteiger partial charge is 0.359 e. The fourth-order valence-electron chi connectivity index (χ4n) is 1.17. The lowest BCUT2D eigenvalue weighted by molar-refractivity contribution is 0.468. The monoisotopic (exact) mass is 305 g/mol. The number of thioether (sulfide) groups is 1. The average molecular weight is 305 g/mol. The Labute approximate surface area is 117 Å². The van der Waals surface area contributed by atoms with Crippen molar-refractivity contribution < 1.29 is 13.0 Å². The molecule has 0 unspecified atom stereocenters. The molecule has 0 aliphatic heterocycles. The molecular weight excluding hydrogens is 290 g/mol. The van der Waals surface area contributed by atoms with Crippen molar-refractivity contribution >= 4 is 38.4 Å². The third-order valence-electron chi connectivity index (χ3n) is 2.20. The number of rotatable bonds is 5. The maximum Gasteiger partial charge on any atom is 0.266 e. The maximum absolute atomic E-state index is 10.6. The number of hydrogen-bond acceptors (Lipinski definition) is 4. The van der Waals surface area contributed by atoms with Crippen LogP contribution in [0.15, 0.2) is 30.3 Å². The average Bonchev–Trinajstić information content (AvgIpc) is 2.33. The first-order chi connectivity index (χ1) is 8.38. The smallest absolute Gasteiger partial charge is 0.266 e. The Morgan fingerprint density at radius 3 is 2.56 bits per heavy atom. The van der Waals surface area contributed by atoms with Crippen molar-refractivity contribution in [2.75, 3.05) is 19.3 Å². The van der Waals surface area contributed by atoms with E-state index in [0.717, 1.165) is 11.3 Å². The summed E-state index contributed by atoms with van der Waals surface area (Å²) in [6.45, 7) is 0.194. The quantitative estimate of drug-likeness (QED) is 0.663. The van der Waals surface area contributed by atoms with Gasteiger partial charge in [0.05, 0.1) is 5.75 Å². The molecule has 0 amide bonds. The van der Waals surface area contributed by atoms with Crippen molar-refractivity contribution in [3.63, 3.8) is 0 Å². The summed E-state index contributed by atoms with van der Waals surface area (Å²) in [6, 6.07) is 9.88. The topological polar surface area (TPSA) is 57.6 Å². The molecule has 0 saturated carbocycles. The lowest BCUT2D eigenvalue weighted by Crippen LogP contribution is -2.28. The van der Waals surface area contributed by atoms with E-state index >= 15 is 0 Å². The van der Waals surface area contributed by atoms with Gasteiger partial charge in [-0.1, -0.05) is 54.3 Å². The Hall–Kier alpha value is -0.630. The molecule has 7 heteroatoms. The van der Waals surface area contributed by atoms with Crippen LogP contribution in [0.1, 0.15) is 5.56 Å². The lowest BCUT2D eigenvalue weighted by atomic mass is 10.2. The van der Waals surface area contributed by atoms with E-state index in [9.17, 15) is 8.42 Å². The highest BCUT2D eigenvalue weighted by Crippen LogP contribution is 2.15. The standard InChI is InChI=1S/C11H15NO3S3/c1-12(7-8-18(13,14)15)11(16)17-9-10-5-3-2-4-6-10/h2-6H,7-9H2,1H3,(H,13,14,15). The molecule has 0 fully saturated rings. The minimum atomic E-state index is -3.93. The molecule has 0 saturated heterocycles. The van der Waals surface area contributed by atoms with E-state index in [0.29, 0.717) is 4.32 Å². The van der Waals surface area contributed by atoms with Crippen LogP contribution in [-0.4, -0.2) is 41.5 Å². The van der Waals surface area contributed by atoms with Crippen LogP contribution in [-0.2, 0) is 15.9 Å². The van der Waals surface area contributed by atoms with E-state index in [1.807, 2.05) is 30.3 Å². The molecule has 100 valence electrons. The second-order valence-electron chi connectivity index (χ2n) is 3.75. The van der Waals surface area contributed by atoms with Gasteiger partial charge in [-0.2, -0.15) is 8.42 Å². The summed E-state index contributed by atoms with van der Waals surface area (Å²) >= 11 is 6.65. The Bertz CT molecular complexity index is 488. The lowest BCUT2D eigenvalue weighted by Gasteiger charge is -2.18. The second-order valence-corrected chi connectivity index (χ2v) is 6.93. The van der Waals surface area contributed by atoms with Crippen LogP contribution < -0.4 is 0 Å². The van der Waals surface area contributed by atoms with Crippen LogP contribution in [0.5, 0.6) is 0 Å². The molecule has 1 N–H and O–H groups in total. The summed E-state index contributed by atoms with van der Waals surface area (Å²) in [4.78, 5) is 1.65. The number of benzene rings is 1. The van der Waals surface area contributed by atoms with Gasteiger partial charge in [-0.25, -0.2) is 0 Å². The molecule has 1 rings (SSSR count). The van der Waals surface area contributed by atoms with E-state index in [4.69, 9.17) is 16.8 Å². The van der Waals surface area contributed by atoms with Crippen LogP contribution in [0, 0.1) is 0 Å². The first-order valence-corrected chi connectivity index (χ1v) is 8.26. The Kier molecular flexibility index (Phi) is 6.07. The minimum absolute atomic E-state index is 0.194. The predicted molar refractivity (Wildman–Crippen MR) is 79.4 cm³/mol. The van der Waals surface area contributed by atoms with Crippen LogP contribution >= 0.6 is 24.0 Å². The molecule has 0 aromatic heterocycles. The summed E-state index contributed by atoms with van der Waals surface area (Å²) in [5.74, 6) is 0.436. The number of hydrogen-bond donors (Lipinski definition) is 1. The van der Waals surface area contributed by atoms with E-state index in [2.05, 4.69) is 0 Å². The van der Waals surface area contributed by atoms with Gasteiger partial charge in [0.25, 0.3) is 10.1 Å². The highest BCUT2D eigenvalue weighted by molar-refractivity contribution is 8.22. The zero-order valence-electron chi connectivity index (χ0n) is 9.94. The fourth-order valence-corrected chi connectivity index (χ4v) is 2.74. The van der Waals surface area contributed by atoms with Crippen molar-refractivity contribution in [1.82, 2.24) is 4.90 Å². The van der Waals surface area contributed by atoms with Crippen molar-refractivity contribution in [2.24, 2.45) is 0 Å². The minimum Gasteiger partial charge on any atom is -0.359 e. The molecule has 0 atom stereocenters. The maximum atomic E-state index is 10.6. The van der Waals surface area contributed by atoms with Gasteiger partial charge in [-0.3, -0.25) is 4.55 Å². The highest BCUT2D eigenvalue weighted by Gasteiger charge is 2.10.